The molecule has 1 fully saturated rings. The predicted molar refractivity (Wildman–Crippen MR) is 93.6 cm³/mol. The molecular formula is C17H22N6O2. The van der Waals surface area contributed by atoms with Gasteiger partial charge in [0.25, 0.3) is 5.56 Å². The molecule has 1 aliphatic rings. The molecule has 2 aromatic rings. The van der Waals surface area contributed by atoms with Gasteiger partial charge in [-0.05, 0) is 26.7 Å². The van der Waals surface area contributed by atoms with E-state index in [1.54, 1.807) is 7.05 Å². The zero-order valence-corrected chi connectivity index (χ0v) is 15.2. The first-order valence-corrected chi connectivity index (χ1v) is 8.26. The third-order valence-electron chi connectivity index (χ3n) is 5.17. The Hall–Kier alpha value is -2.82. The van der Waals surface area contributed by atoms with Crippen molar-refractivity contribution in [2.45, 2.75) is 32.7 Å². The highest BCUT2D eigenvalue weighted by Crippen LogP contribution is 2.38. The lowest BCUT2D eigenvalue weighted by Gasteiger charge is -2.29. The Kier molecular flexibility index (Phi) is 4.03. The molecule has 8 heteroatoms. The van der Waals surface area contributed by atoms with Gasteiger partial charge in [-0.3, -0.25) is 18.6 Å². The van der Waals surface area contributed by atoms with Crippen LogP contribution in [0.2, 0.25) is 0 Å². The Morgan fingerprint density at radius 2 is 1.84 bits per heavy atom. The Bertz CT molecular complexity index is 1000. The van der Waals surface area contributed by atoms with Gasteiger partial charge >= 0.3 is 5.69 Å². The Labute approximate surface area is 145 Å². The second-order valence-corrected chi connectivity index (χ2v) is 6.58. The van der Waals surface area contributed by atoms with Crippen LogP contribution in [-0.4, -0.2) is 25.5 Å². The highest BCUT2D eigenvalue weighted by Gasteiger charge is 2.34. The smallest absolute Gasteiger partial charge is 0.332 e. The second kappa shape index (κ2) is 5.92. The summed E-state index contributed by atoms with van der Waals surface area (Å²) in [6.45, 7) is 4.67. The summed E-state index contributed by atoms with van der Waals surface area (Å²) in [5.41, 5.74) is 2.13. The van der Waals surface area contributed by atoms with E-state index in [4.69, 9.17) is 0 Å². The first-order valence-electron chi connectivity index (χ1n) is 8.26. The SMILES string of the molecule is Cc1nn(C)c(C)c1[C@H]1CCCN1c1c(C#N)c(=O)n(C)c(=O)n1C. The van der Waals surface area contributed by atoms with Crippen LogP contribution < -0.4 is 16.1 Å². The second-order valence-electron chi connectivity index (χ2n) is 6.58. The molecule has 0 N–H and O–H groups in total. The topological polar surface area (TPSA) is 88.8 Å². The molecule has 0 bridgehead atoms. The molecule has 1 saturated heterocycles. The molecule has 132 valence electrons. The fourth-order valence-electron chi connectivity index (χ4n) is 3.86. The van der Waals surface area contributed by atoms with E-state index in [1.807, 2.05) is 36.5 Å². The van der Waals surface area contributed by atoms with Crippen molar-refractivity contribution in [2.24, 2.45) is 21.1 Å². The number of rotatable bonds is 2. The normalized spacial score (nSPS) is 17.1. The number of hydrogen-bond acceptors (Lipinski definition) is 5. The van der Waals surface area contributed by atoms with Gasteiger partial charge in [0.15, 0.2) is 5.56 Å². The highest BCUT2D eigenvalue weighted by molar-refractivity contribution is 5.56. The number of nitriles is 1. The lowest BCUT2D eigenvalue weighted by molar-refractivity contribution is 0.634. The number of nitrogens with zero attached hydrogens (tertiary/aromatic N) is 6. The van der Waals surface area contributed by atoms with Gasteiger partial charge in [-0.15, -0.1) is 0 Å². The molecule has 0 aromatic carbocycles. The van der Waals surface area contributed by atoms with Crippen LogP contribution in [0.3, 0.4) is 0 Å². The minimum atomic E-state index is -0.550. The summed E-state index contributed by atoms with van der Waals surface area (Å²) in [4.78, 5) is 26.8. The molecule has 0 radical (unpaired) electrons. The summed E-state index contributed by atoms with van der Waals surface area (Å²) < 4.78 is 4.22. The monoisotopic (exact) mass is 342 g/mol. The van der Waals surface area contributed by atoms with Gasteiger partial charge in [0.05, 0.1) is 11.7 Å². The van der Waals surface area contributed by atoms with Crippen molar-refractivity contribution in [2.75, 3.05) is 11.4 Å². The zero-order chi connectivity index (χ0) is 18.5. The minimum absolute atomic E-state index is 0.00138. The van der Waals surface area contributed by atoms with Gasteiger partial charge in [-0.1, -0.05) is 0 Å². The van der Waals surface area contributed by atoms with E-state index in [0.717, 1.165) is 34.4 Å². The van der Waals surface area contributed by atoms with Crippen molar-refractivity contribution in [1.29, 1.82) is 5.26 Å². The van der Waals surface area contributed by atoms with Crippen LogP contribution in [-0.2, 0) is 21.1 Å². The number of hydrogen-bond donors (Lipinski definition) is 0. The predicted octanol–water partition coefficient (Wildman–Crippen LogP) is 0.648. The van der Waals surface area contributed by atoms with Gasteiger partial charge in [-0.25, -0.2) is 4.79 Å². The summed E-state index contributed by atoms with van der Waals surface area (Å²) in [5, 5.41) is 14.0. The molecule has 2 aromatic heterocycles. The van der Waals surface area contributed by atoms with Gasteiger partial charge in [0, 0.05) is 38.9 Å². The molecule has 0 amide bonds. The van der Waals surface area contributed by atoms with Crippen LogP contribution in [0.5, 0.6) is 0 Å². The van der Waals surface area contributed by atoms with Crippen LogP contribution in [0.15, 0.2) is 9.59 Å². The van der Waals surface area contributed by atoms with Crippen LogP contribution in [0, 0.1) is 25.2 Å². The van der Waals surface area contributed by atoms with Crippen LogP contribution in [0.4, 0.5) is 5.82 Å². The summed E-state index contributed by atoms with van der Waals surface area (Å²) in [6, 6.07) is 2.00. The number of anilines is 1. The molecule has 0 saturated carbocycles. The average Bonchev–Trinajstić information content (AvgIpc) is 3.13. The molecule has 25 heavy (non-hydrogen) atoms. The van der Waals surface area contributed by atoms with E-state index in [1.165, 1.54) is 11.6 Å². The van der Waals surface area contributed by atoms with E-state index in [0.29, 0.717) is 12.4 Å². The largest absolute Gasteiger partial charge is 0.349 e. The highest BCUT2D eigenvalue weighted by atomic mass is 16.2. The molecule has 1 aliphatic heterocycles. The fourth-order valence-corrected chi connectivity index (χ4v) is 3.86. The van der Waals surface area contributed by atoms with Crippen molar-refractivity contribution in [1.82, 2.24) is 18.9 Å². The van der Waals surface area contributed by atoms with E-state index >= 15 is 0 Å². The van der Waals surface area contributed by atoms with Crippen molar-refractivity contribution in [3.8, 4) is 6.07 Å². The lowest BCUT2D eigenvalue weighted by Crippen LogP contribution is -2.42. The fraction of sp³-hybridized carbons (Fsp3) is 0.529. The Morgan fingerprint density at radius 1 is 1.16 bits per heavy atom. The van der Waals surface area contributed by atoms with Gasteiger partial charge in [0.2, 0.25) is 0 Å². The molecule has 1 atom stereocenters. The Balaban J connectivity index is 2.25. The third kappa shape index (κ3) is 2.38. The van der Waals surface area contributed by atoms with Gasteiger partial charge < -0.3 is 4.90 Å². The van der Waals surface area contributed by atoms with Crippen LogP contribution >= 0.6 is 0 Å². The minimum Gasteiger partial charge on any atom is -0.349 e. The van der Waals surface area contributed by atoms with E-state index in [2.05, 4.69) is 5.10 Å². The Morgan fingerprint density at radius 3 is 2.40 bits per heavy atom. The summed E-state index contributed by atoms with van der Waals surface area (Å²) in [7, 11) is 4.91. The zero-order valence-electron chi connectivity index (χ0n) is 15.2. The van der Waals surface area contributed by atoms with Crippen molar-refractivity contribution < 1.29 is 0 Å². The third-order valence-corrected chi connectivity index (χ3v) is 5.17. The number of aromatic nitrogens is 4. The first kappa shape index (κ1) is 17.0. The molecule has 3 rings (SSSR count). The van der Waals surface area contributed by atoms with Gasteiger partial charge in [-0.2, -0.15) is 10.4 Å². The summed E-state index contributed by atoms with van der Waals surface area (Å²) in [5.74, 6) is 0.403. The van der Waals surface area contributed by atoms with Gasteiger partial charge in [0.1, 0.15) is 11.9 Å². The maximum absolute atomic E-state index is 12.4. The molecular weight excluding hydrogens is 320 g/mol. The lowest BCUT2D eigenvalue weighted by atomic mass is 10.0. The van der Waals surface area contributed by atoms with Crippen LogP contribution in [0.1, 0.15) is 41.4 Å². The molecule has 0 spiro atoms. The van der Waals surface area contributed by atoms with E-state index in [-0.39, 0.29) is 11.6 Å². The van der Waals surface area contributed by atoms with Crippen LogP contribution in [0.25, 0.3) is 0 Å². The average molecular weight is 342 g/mol. The molecule has 0 unspecified atom stereocenters. The van der Waals surface area contributed by atoms with Crippen molar-refractivity contribution in [3.05, 3.63) is 43.4 Å². The van der Waals surface area contributed by atoms with E-state index < -0.39 is 11.2 Å². The maximum Gasteiger partial charge on any atom is 0.332 e. The standard InChI is InChI=1S/C17H22N6O2/c1-10-14(11(2)22(5)19-10)13-7-6-8-23(13)15-12(9-18)16(24)21(4)17(25)20(15)3/h13H,6-8H2,1-5H3/t13-/m1/s1. The molecule has 3 heterocycles. The maximum atomic E-state index is 12.4. The van der Waals surface area contributed by atoms with E-state index in [9.17, 15) is 14.9 Å². The quantitative estimate of drug-likeness (QED) is 0.799. The summed E-state index contributed by atoms with van der Waals surface area (Å²) in [6.07, 6.45) is 1.81. The van der Waals surface area contributed by atoms with Crippen molar-refractivity contribution >= 4 is 5.82 Å². The first-order chi connectivity index (χ1) is 11.8. The molecule has 0 aliphatic carbocycles. The molecule has 8 nitrogen and oxygen atoms in total. The summed E-state index contributed by atoms with van der Waals surface area (Å²) >= 11 is 0. The van der Waals surface area contributed by atoms with Crippen molar-refractivity contribution in [3.63, 3.8) is 0 Å². The number of aryl methyl sites for hydroxylation is 2.